The van der Waals surface area contributed by atoms with Crippen molar-refractivity contribution in [1.82, 2.24) is 9.55 Å². The monoisotopic (exact) mass is 170 g/mol. The van der Waals surface area contributed by atoms with E-state index < -0.39 is 0 Å². The van der Waals surface area contributed by atoms with Gasteiger partial charge < -0.3 is 4.98 Å². The molecule has 0 fully saturated rings. The topological polar surface area (TPSA) is 54.9 Å². The minimum Gasteiger partial charge on any atom is -0.329 e. The number of rotatable bonds is 1. The number of H-pyrrole nitrogens is 1. The molecule has 11 heavy (non-hydrogen) atoms. The van der Waals surface area contributed by atoms with E-state index in [1.807, 2.05) is 0 Å². The van der Waals surface area contributed by atoms with Gasteiger partial charge in [-0.25, -0.2) is 0 Å². The lowest BCUT2D eigenvalue weighted by molar-refractivity contribution is 0.111. The molecule has 0 radical (unpaired) electrons. The van der Waals surface area contributed by atoms with Crippen LogP contribution in [0.2, 0.25) is 0 Å². The summed E-state index contributed by atoms with van der Waals surface area (Å²) in [6.07, 6.45) is 0.553. The maximum absolute atomic E-state index is 10.9. The highest BCUT2D eigenvalue weighted by Crippen LogP contribution is 1.84. The van der Waals surface area contributed by atoms with Crippen molar-refractivity contribution in [3.8, 4) is 0 Å². The predicted octanol–water partition coefficient (Wildman–Crippen LogP) is 0.255. The van der Waals surface area contributed by atoms with Gasteiger partial charge in [0.25, 0.3) is 5.56 Å². The number of hydrogen-bond donors (Lipinski definition) is 1. The lowest BCUT2D eigenvalue weighted by Crippen LogP contribution is -2.18. The molecule has 1 aromatic rings. The fourth-order valence-corrected chi connectivity index (χ4v) is 0.845. The van der Waals surface area contributed by atoms with Crippen LogP contribution in [-0.4, -0.2) is 15.8 Å². The van der Waals surface area contributed by atoms with Gasteiger partial charge in [-0.05, 0) is 12.2 Å². The maximum Gasteiger partial charge on any atom is 0.254 e. The van der Waals surface area contributed by atoms with E-state index in [0.717, 1.165) is 0 Å². The molecule has 0 aliphatic rings. The highest BCUT2D eigenvalue weighted by Gasteiger charge is 1.94. The molecule has 0 saturated heterocycles. The minimum absolute atomic E-state index is 0.207. The van der Waals surface area contributed by atoms with Crippen molar-refractivity contribution in [2.24, 2.45) is 7.05 Å². The molecule has 0 unspecified atom stereocenters. The van der Waals surface area contributed by atoms with E-state index in [2.05, 4.69) is 4.98 Å². The van der Waals surface area contributed by atoms with Gasteiger partial charge in [0.05, 0.1) is 5.69 Å². The standard InChI is InChI=1S/C6H6N2O2S/c1-8-5(10)2-4(3-9)7-6(8)11/h2-3H,1H3,(H,7,11). The van der Waals surface area contributed by atoms with Crippen molar-refractivity contribution < 1.29 is 4.79 Å². The number of aromatic amines is 1. The maximum atomic E-state index is 10.9. The molecule has 5 heteroatoms. The molecule has 0 aliphatic carbocycles. The lowest BCUT2D eigenvalue weighted by Gasteiger charge is -1.96. The predicted molar refractivity (Wildman–Crippen MR) is 42.3 cm³/mol. The van der Waals surface area contributed by atoms with E-state index in [4.69, 9.17) is 12.2 Å². The quantitative estimate of drug-likeness (QED) is 0.485. The Morgan fingerprint density at radius 1 is 1.73 bits per heavy atom. The van der Waals surface area contributed by atoms with Crippen molar-refractivity contribution >= 4 is 18.5 Å². The fourth-order valence-electron chi connectivity index (χ4n) is 0.637. The van der Waals surface area contributed by atoms with Gasteiger partial charge in [0.15, 0.2) is 11.1 Å². The van der Waals surface area contributed by atoms with Gasteiger partial charge >= 0.3 is 0 Å². The number of carbonyl (C=O) groups is 1. The number of nitrogens with one attached hydrogen (secondary N) is 1. The van der Waals surface area contributed by atoms with Crippen molar-refractivity contribution in [2.75, 3.05) is 0 Å². The van der Waals surface area contributed by atoms with Crippen LogP contribution in [-0.2, 0) is 7.05 Å². The number of carbonyl (C=O) groups excluding carboxylic acids is 1. The van der Waals surface area contributed by atoms with Crippen LogP contribution in [0, 0.1) is 4.77 Å². The van der Waals surface area contributed by atoms with Gasteiger partial charge in [0, 0.05) is 13.1 Å². The molecule has 4 nitrogen and oxygen atoms in total. The van der Waals surface area contributed by atoms with E-state index in [9.17, 15) is 9.59 Å². The highest BCUT2D eigenvalue weighted by molar-refractivity contribution is 7.71. The summed E-state index contributed by atoms with van der Waals surface area (Å²) in [6, 6.07) is 1.20. The van der Waals surface area contributed by atoms with Crippen LogP contribution in [0.5, 0.6) is 0 Å². The number of nitrogens with zero attached hydrogens (tertiary/aromatic N) is 1. The summed E-state index contributed by atoms with van der Waals surface area (Å²) in [5.41, 5.74) is -0.0750. The smallest absolute Gasteiger partial charge is 0.254 e. The first kappa shape index (κ1) is 7.87. The summed E-state index contributed by atoms with van der Waals surface area (Å²) < 4.78 is 1.50. The van der Waals surface area contributed by atoms with E-state index in [1.54, 1.807) is 0 Å². The van der Waals surface area contributed by atoms with E-state index in [-0.39, 0.29) is 16.0 Å². The van der Waals surface area contributed by atoms with Crippen molar-refractivity contribution in [3.63, 3.8) is 0 Å². The number of hydrogen-bond acceptors (Lipinski definition) is 3. The van der Waals surface area contributed by atoms with Crippen molar-refractivity contribution in [2.45, 2.75) is 0 Å². The third-order valence-electron chi connectivity index (χ3n) is 1.29. The highest BCUT2D eigenvalue weighted by atomic mass is 32.1. The summed E-state index contributed by atoms with van der Waals surface area (Å²) in [6.45, 7) is 0. The largest absolute Gasteiger partial charge is 0.329 e. The van der Waals surface area contributed by atoms with E-state index in [1.165, 1.54) is 17.7 Å². The molecule has 58 valence electrons. The van der Waals surface area contributed by atoms with Gasteiger partial charge in [0.1, 0.15) is 0 Å². The van der Waals surface area contributed by atoms with Gasteiger partial charge in [-0.1, -0.05) is 0 Å². The molecule has 0 saturated carbocycles. The summed E-state index contributed by atoms with van der Waals surface area (Å²) >= 11 is 4.74. The van der Waals surface area contributed by atoms with Crippen LogP contribution in [0.4, 0.5) is 0 Å². The van der Waals surface area contributed by atoms with Crippen LogP contribution in [0.3, 0.4) is 0 Å². The Balaban J connectivity index is 3.57. The molecule has 0 amide bonds. The summed E-state index contributed by atoms with van der Waals surface area (Å²) in [5.74, 6) is 0. The van der Waals surface area contributed by atoms with Gasteiger partial charge in [0.2, 0.25) is 0 Å². The molecule has 0 bridgehead atoms. The third kappa shape index (κ3) is 1.43. The van der Waals surface area contributed by atoms with Crippen molar-refractivity contribution in [1.29, 1.82) is 0 Å². The van der Waals surface area contributed by atoms with Gasteiger partial charge in [-0.15, -0.1) is 0 Å². The molecule has 0 aliphatic heterocycles. The fraction of sp³-hybridized carbons (Fsp3) is 0.167. The average molecular weight is 170 g/mol. The Bertz CT molecular complexity index is 359. The molecular weight excluding hydrogens is 164 g/mol. The Labute approximate surface area is 67.5 Å². The van der Waals surface area contributed by atoms with Crippen LogP contribution >= 0.6 is 12.2 Å². The normalized spacial score (nSPS) is 9.55. The first-order valence-electron chi connectivity index (χ1n) is 2.90. The van der Waals surface area contributed by atoms with Gasteiger partial charge in [-0.2, -0.15) is 0 Å². The van der Waals surface area contributed by atoms with E-state index in [0.29, 0.717) is 6.29 Å². The van der Waals surface area contributed by atoms with Crippen LogP contribution in [0.15, 0.2) is 10.9 Å². The summed E-state index contributed by atoms with van der Waals surface area (Å²) in [4.78, 5) is 23.7. The summed E-state index contributed by atoms with van der Waals surface area (Å²) in [5, 5.41) is 0. The second kappa shape index (κ2) is 2.79. The zero-order valence-corrected chi connectivity index (χ0v) is 6.64. The molecular formula is C6H6N2O2S. The zero-order chi connectivity index (χ0) is 8.43. The molecule has 1 rings (SSSR count). The second-order valence-electron chi connectivity index (χ2n) is 2.04. The van der Waals surface area contributed by atoms with Gasteiger partial charge in [-0.3, -0.25) is 14.2 Å². The molecule has 0 aromatic carbocycles. The van der Waals surface area contributed by atoms with Crippen LogP contribution in [0.25, 0.3) is 0 Å². The lowest BCUT2D eigenvalue weighted by atomic mass is 10.4. The minimum atomic E-state index is -0.282. The SMILES string of the molecule is Cn1c(=O)cc(C=O)[nH]c1=S. The molecule has 0 spiro atoms. The Morgan fingerprint density at radius 3 is 2.82 bits per heavy atom. The van der Waals surface area contributed by atoms with Crippen molar-refractivity contribution in [3.05, 3.63) is 26.9 Å². The molecule has 1 aromatic heterocycles. The van der Waals surface area contributed by atoms with E-state index >= 15 is 0 Å². The molecule has 1 N–H and O–H groups in total. The number of aldehydes is 1. The first-order valence-corrected chi connectivity index (χ1v) is 3.31. The second-order valence-corrected chi connectivity index (χ2v) is 2.43. The van der Waals surface area contributed by atoms with Crippen LogP contribution < -0.4 is 5.56 Å². The Morgan fingerprint density at radius 2 is 2.36 bits per heavy atom. The summed E-state index contributed by atoms with van der Waals surface area (Å²) in [7, 11) is 1.54. The zero-order valence-electron chi connectivity index (χ0n) is 5.83. The Kier molecular flexibility index (Phi) is 2.00. The number of aromatic nitrogens is 2. The van der Waals surface area contributed by atoms with Crippen LogP contribution in [0.1, 0.15) is 10.5 Å². The third-order valence-corrected chi connectivity index (χ3v) is 1.67. The molecule has 1 heterocycles. The first-order chi connectivity index (χ1) is 5.15. The Hall–Kier alpha value is -1.23. The average Bonchev–Trinajstić information content (AvgIpc) is 1.99. The molecule has 0 atom stereocenters.